The number of likely N-dealkylation sites (tertiary alicyclic amines) is 1. The minimum atomic E-state index is -1.06. The lowest BCUT2D eigenvalue weighted by molar-refractivity contribution is -0.144. The van der Waals surface area contributed by atoms with Crippen LogP contribution in [0.1, 0.15) is 51.6 Å². The molecule has 3 aliphatic rings. The van der Waals surface area contributed by atoms with Gasteiger partial charge in [-0.2, -0.15) is 0 Å². The van der Waals surface area contributed by atoms with E-state index in [2.05, 4.69) is 5.16 Å². The molecule has 7 heteroatoms. The van der Waals surface area contributed by atoms with Gasteiger partial charge in [-0.1, -0.05) is 49.3 Å². The zero-order valence-corrected chi connectivity index (χ0v) is 18.3. The Labute approximate surface area is 183 Å². The highest BCUT2D eigenvalue weighted by atomic mass is 16.6. The van der Waals surface area contributed by atoms with Crippen LogP contribution in [0.4, 0.5) is 0 Å². The highest BCUT2D eigenvalue weighted by Gasteiger charge is 2.60. The zero-order chi connectivity index (χ0) is 22.3. The maximum Gasteiger partial charge on any atom is 0.234 e. The van der Waals surface area contributed by atoms with Gasteiger partial charge in [-0.05, 0) is 31.2 Å². The normalized spacial score (nSPS) is 35.3. The molecule has 1 saturated heterocycles. The lowest BCUT2D eigenvalue weighted by Crippen LogP contribution is -2.54. The van der Waals surface area contributed by atoms with Crippen molar-refractivity contribution in [3.63, 3.8) is 0 Å². The van der Waals surface area contributed by atoms with Crippen LogP contribution in [0, 0.1) is 29.6 Å². The van der Waals surface area contributed by atoms with Crippen molar-refractivity contribution in [3.8, 4) is 0 Å². The van der Waals surface area contributed by atoms with Gasteiger partial charge in [0.1, 0.15) is 6.61 Å². The van der Waals surface area contributed by atoms with E-state index in [1.807, 2.05) is 51.1 Å². The molecular formula is C24H32N2O5. The monoisotopic (exact) mass is 428 g/mol. The number of benzene rings is 1. The third kappa shape index (κ3) is 3.89. The van der Waals surface area contributed by atoms with E-state index in [0.29, 0.717) is 31.1 Å². The summed E-state index contributed by atoms with van der Waals surface area (Å²) in [7, 11) is 0. The Morgan fingerprint density at radius 3 is 2.42 bits per heavy atom. The van der Waals surface area contributed by atoms with Crippen LogP contribution < -0.4 is 0 Å². The molecule has 2 aliphatic carbocycles. The Morgan fingerprint density at radius 2 is 1.74 bits per heavy atom. The first kappa shape index (κ1) is 22.0. The summed E-state index contributed by atoms with van der Waals surface area (Å²) >= 11 is 0. The summed E-state index contributed by atoms with van der Waals surface area (Å²) in [5.41, 5.74) is 1.59. The topological polar surface area (TPSA) is 99.4 Å². The molecule has 7 nitrogen and oxygen atoms in total. The van der Waals surface area contributed by atoms with Crippen LogP contribution in [-0.2, 0) is 14.4 Å². The Morgan fingerprint density at radius 1 is 1.06 bits per heavy atom. The Bertz CT molecular complexity index is 855. The number of rotatable bonds is 5. The number of carbonyl (C=O) groups is 2. The third-order valence-corrected chi connectivity index (χ3v) is 7.07. The van der Waals surface area contributed by atoms with Crippen molar-refractivity contribution in [2.24, 2.45) is 34.7 Å². The number of hydrogen-bond acceptors (Lipinski definition) is 6. The molecule has 0 bridgehead atoms. The zero-order valence-electron chi connectivity index (χ0n) is 18.3. The average Bonchev–Trinajstić information content (AvgIpc) is 3.01. The number of nitrogens with zero attached hydrogens (tertiary/aromatic N) is 2. The molecule has 1 heterocycles. The number of imide groups is 1. The van der Waals surface area contributed by atoms with Crippen molar-refractivity contribution in [2.45, 2.75) is 58.3 Å². The van der Waals surface area contributed by atoms with Crippen LogP contribution in [0.3, 0.4) is 0 Å². The van der Waals surface area contributed by atoms with Crippen molar-refractivity contribution >= 4 is 17.5 Å². The van der Waals surface area contributed by atoms with Crippen molar-refractivity contribution in [1.29, 1.82) is 0 Å². The summed E-state index contributed by atoms with van der Waals surface area (Å²) in [4.78, 5) is 33.6. The Kier molecular flexibility index (Phi) is 6.17. The van der Waals surface area contributed by atoms with Gasteiger partial charge in [0.2, 0.25) is 11.8 Å². The highest BCUT2D eigenvalue weighted by Crippen LogP contribution is 2.51. The molecule has 2 N–H and O–H groups in total. The summed E-state index contributed by atoms with van der Waals surface area (Å²) in [6, 6.07) is 9.12. The Hall–Kier alpha value is -2.25. The van der Waals surface area contributed by atoms with Crippen LogP contribution in [0.25, 0.3) is 0 Å². The molecule has 168 valence electrons. The second-order valence-corrected chi connectivity index (χ2v) is 9.56. The molecule has 2 saturated carbocycles. The number of aliphatic hydroxyl groups excluding tert-OH is 2. The molecule has 0 radical (unpaired) electrons. The van der Waals surface area contributed by atoms with E-state index in [4.69, 9.17) is 4.84 Å². The van der Waals surface area contributed by atoms with Crippen molar-refractivity contribution in [2.75, 3.05) is 6.61 Å². The first-order valence-corrected chi connectivity index (χ1v) is 11.3. The van der Waals surface area contributed by atoms with E-state index in [-0.39, 0.29) is 30.2 Å². The predicted octanol–water partition coefficient (Wildman–Crippen LogP) is 2.53. The SMILES string of the molecule is CC(C)CON=C1C[C@@H](O)[C@@H](O)[C@@H]2[C@@H]3C(=O)N([C@@H](C)c4ccccc4)C(=O)[C@@H]3CC[C@H]12. The summed E-state index contributed by atoms with van der Waals surface area (Å²) in [5.74, 6) is -1.92. The summed E-state index contributed by atoms with van der Waals surface area (Å²) in [5, 5.41) is 25.7. The van der Waals surface area contributed by atoms with Crippen molar-refractivity contribution < 1.29 is 24.6 Å². The fourth-order valence-corrected chi connectivity index (χ4v) is 5.53. The number of oxime groups is 1. The van der Waals surface area contributed by atoms with Gasteiger partial charge in [-0.3, -0.25) is 14.5 Å². The molecule has 1 aliphatic heterocycles. The van der Waals surface area contributed by atoms with Gasteiger partial charge >= 0.3 is 0 Å². The van der Waals surface area contributed by atoms with Crippen LogP contribution in [0.2, 0.25) is 0 Å². The van der Waals surface area contributed by atoms with E-state index in [1.165, 1.54) is 4.90 Å². The van der Waals surface area contributed by atoms with E-state index in [0.717, 1.165) is 5.56 Å². The number of hydrogen-bond donors (Lipinski definition) is 2. The van der Waals surface area contributed by atoms with Crippen LogP contribution >= 0.6 is 0 Å². The number of aliphatic hydroxyl groups is 2. The molecule has 0 aromatic heterocycles. The average molecular weight is 429 g/mol. The smallest absolute Gasteiger partial charge is 0.234 e. The minimum absolute atomic E-state index is 0.171. The number of carbonyl (C=O) groups excluding carboxylic acids is 2. The molecule has 0 spiro atoms. The summed E-state index contributed by atoms with van der Waals surface area (Å²) in [6.07, 6.45) is -0.646. The number of fused-ring (bicyclic) bond motifs is 3. The van der Waals surface area contributed by atoms with Gasteiger partial charge in [0.05, 0.1) is 35.8 Å². The molecule has 3 fully saturated rings. The summed E-state index contributed by atoms with van der Waals surface area (Å²) < 4.78 is 0. The van der Waals surface area contributed by atoms with Gasteiger partial charge < -0.3 is 15.1 Å². The lowest BCUT2D eigenvalue weighted by atomic mass is 9.60. The first-order valence-electron chi connectivity index (χ1n) is 11.3. The lowest BCUT2D eigenvalue weighted by Gasteiger charge is -2.45. The molecule has 2 amide bonds. The van der Waals surface area contributed by atoms with Gasteiger partial charge in [-0.25, -0.2) is 0 Å². The molecular weight excluding hydrogens is 396 g/mol. The van der Waals surface area contributed by atoms with Gasteiger partial charge in [0.25, 0.3) is 0 Å². The summed E-state index contributed by atoms with van der Waals surface area (Å²) in [6.45, 7) is 6.38. The molecule has 4 rings (SSSR count). The molecule has 0 unspecified atom stereocenters. The highest BCUT2D eigenvalue weighted by molar-refractivity contribution is 6.06. The van der Waals surface area contributed by atoms with Crippen LogP contribution in [-0.4, -0.2) is 51.5 Å². The fraction of sp³-hybridized carbons (Fsp3) is 0.625. The van der Waals surface area contributed by atoms with Crippen molar-refractivity contribution in [3.05, 3.63) is 35.9 Å². The number of amides is 2. The van der Waals surface area contributed by atoms with Gasteiger partial charge in [0, 0.05) is 18.3 Å². The minimum Gasteiger partial charge on any atom is -0.396 e. The second-order valence-electron chi connectivity index (χ2n) is 9.56. The van der Waals surface area contributed by atoms with Gasteiger partial charge in [-0.15, -0.1) is 0 Å². The first-order chi connectivity index (χ1) is 14.8. The fourth-order valence-electron chi connectivity index (χ4n) is 5.53. The van der Waals surface area contributed by atoms with E-state index in [9.17, 15) is 19.8 Å². The van der Waals surface area contributed by atoms with E-state index < -0.39 is 30.0 Å². The molecule has 1 aromatic rings. The standard InChI is InChI=1S/C24H32N2O5/c1-13(2)12-31-25-18-11-19(27)22(28)20-16(18)9-10-17-21(20)24(30)26(23(17)29)14(3)15-7-5-4-6-8-15/h4-8,13-14,16-17,19-22,27-28H,9-12H2,1-3H3/t14-,16+,17+,19+,20-,21+,22+/m0/s1. The Balaban J connectivity index is 1.62. The van der Waals surface area contributed by atoms with E-state index >= 15 is 0 Å². The van der Waals surface area contributed by atoms with Crippen LogP contribution in [0.15, 0.2) is 35.5 Å². The maximum atomic E-state index is 13.5. The van der Waals surface area contributed by atoms with Gasteiger partial charge in [0.15, 0.2) is 0 Å². The largest absolute Gasteiger partial charge is 0.396 e. The predicted molar refractivity (Wildman–Crippen MR) is 115 cm³/mol. The molecule has 31 heavy (non-hydrogen) atoms. The second kappa shape index (κ2) is 8.71. The van der Waals surface area contributed by atoms with Crippen molar-refractivity contribution in [1.82, 2.24) is 4.90 Å². The molecule has 7 atom stereocenters. The quantitative estimate of drug-likeness (QED) is 0.555. The third-order valence-electron chi connectivity index (χ3n) is 7.07. The maximum absolute atomic E-state index is 13.5. The van der Waals surface area contributed by atoms with E-state index in [1.54, 1.807) is 0 Å². The molecule has 1 aromatic carbocycles. The van der Waals surface area contributed by atoms with Crippen LogP contribution in [0.5, 0.6) is 0 Å².